The van der Waals surface area contributed by atoms with Crippen LogP contribution in [-0.4, -0.2) is 70.6 Å². The molecule has 41 heavy (non-hydrogen) atoms. The first-order valence-electron chi connectivity index (χ1n) is 12.2. The predicted octanol–water partition coefficient (Wildman–Crippen LogP) is -4.64. The van der Waals surface area contributed by atoms with Crippen molar-refractivity contribution in [3.63, 3.8) is 0 Å². The molecule has 1 aromatic carbocycles. The number of nitrogens with one attached hydrogen (secondary N) is 5. The second-order valence-electron chi connectivity index (χ2n) is 8.84. The molecule has 2 heterocycles. The number of aliphatic imine (C=N–C) groups is 1. The number of amides is 2. The molecule has 2 aromatic rings. The molecule has 0 radical (unpaired) electrons. The van der Waals surface area contributed by atoms with Crippen LogP contribution in [0.15, 0.2) is 34.1 Å². The fourth-order valence-electron chi connectivity index (χ4n) is 3.68. The van der Waals surface area contributed by atoms with Crippen molar-refractivity contribution in [1.82, 2.24) is 20.6 Å². The summed E-state index contributed by atoms with van der Waals surface area (Å²) in [5.74, 6) is -6.31. The van der Waals surface area contributed by atoms with E-state index in [1.54, 1.807) is 12.1 Å². The summed E-state index contributed by atoms with van der Waals surface area (Å²) in [5.41, 5.74) is 6.42. The number of carboxylic acids is 3. The van der Waals surface area contributed by atoms with Crippen molar-refractivity contribution in [2.24, 2.45) is 4.99 Å². The quantitative estimate of drug-likeness (QED) is 0.125. The van der Waals surface area contributed by atoms with Crippen molar-refractivity contribution < 1.29 is 39.3 Å². The van der Waals surface area contributed by atoms with Crippen LogP contribution < -0.4 is 47.9 Å². The molecule has 1 aromatic heterocycles. The van der Waals surface area contributed by atoms with Gasteiger partial charge in [0.25, 0.3) is 11.5 Å². The van der Waals surface area contributed by atoms with Crippen molar-refractivity contribution in [2.75, 3.05) is 29.5 Å². The van der Waals surface area contributed by atoms with Gasteiger partial charge < -0.3 is 56.7 Å². The number of carbonyl (C=O) groups is 5. The van der Waals surface area contributed by atoms with Crippen LogP contribution in [0.1, 0.15) is 36.0 Å². The lowest BCUT2D eigenvalue weighted by atomic mass is 10.1. The van der Waals surface area contributed by atoms with Crippen molar-refractivity contribution in [2.45, 2.75) is 37.8 Å². The molecule has 0 spiro atoms. The molecule has 0 fully saturated rings. The van der Waals surface area contributed by atoms with Gasteiger partial charge in [0.1, 0.15) is 0 Å². The third kappa shape index (κ3) is 8.77. The Morgan fingerprint density at radius 2 is 1.59 bits per heavy atom. The normalized spacial score (nSPS) is 13.4. The Kier molecular flexibility index (Phi) is 9.93. The molecule has 0 saturated heterocycles. The Morgan fingerprint density at radius 1 is 0.951 bits per heavy atom. The summed E-state index contributed by atoms with van der Waals surface area (Å²) < 4.78 is 0. The highest BCUT2D eigenvalue weighted by Gasteiger charge is 2.19. The monoisotopic (exact) mass is 569 g/mol. The number of hydrogen-bond donors (Lipinski definition) is 6. The van der Waals surface area contributed by atoms with Gasteiger partial charge in [0.2, 0.25) is 11.9 Å². The van der Waals surface area contributed by atoms with E-state index < -0.39 is 73.0 Å². The molecular formula is C24H25N8O9-3. The van der Waals surface area contributed by atoms with Crippen LogP contribution in [0.25, 0.3) is 0 Å². The Bertz CT molecular complexity index is 1420. The standard InChI is InChI=1S/C24H28N8O9/c25-24-31-19-18(21(37)32-24)28-13(10-27-19)9-26-12-3-1-11(2-4-12)20(36)30-15(23(40)41)5-7-16(33)29-14(22(38)39)6-8-17(34)35/h1-4,14-15,26H,5-10H2,(H,29,33)(H,30,36)(H,34,35)(H,38,39)(H,40,41)(H4,25,27,31,32,37)/p-3/t14-,15-/m0/s1. The molecule has 17 heteroatoms. The second kappa shape index (κ2) is 13.5. The van der Waals surface area contributed by atoms with Gasteiger partial charge in [-0.1, -0.05) is 0 Å². The summed E-state index contributed by atoms with van der Waals surface area (Å²) in [6.45, 7) is 0.565. The van der Waals surface area contributed by atoms with Gasteiger partial charge in [-0.25, -0.2) is 4.99 Å². The van der Waals surface area contributed by atoms with E-state index in [0.717, 1.165) is 0 Å². The van der Waals surface area contributed by atoms with E-state index in [1.807, 2.05) is 5.32 Å². The summed E-state index contributed by atoms with van der Waals surface area (Å²) in [6.07, 6.45) is -2.05. The Hall–Kier alpha value is -5.48. The summed E-state index contributed by atoms with van der Waals surface area (Å²) >= 11 is 0. The molecule has 2 atom stereocenters. The summed E-state index contributed by atoms with van der Waals surface area (Å²) in [6, 6.07) is 2.77. The average molecular weight is 570 g/mol. The number of H-pyrrole nitrogens is 1. The highest BCUT2D eigenvalue weighted by molar-refractivity contribution is 5.98. The third-order valence-corrected chi connectivity index (χ3v) is 5.79. The number of anilines is 3. The van der Waals surface area contributed by atoms with Crippen molar-refractivity contribution in [3.05, 3.63) is 40.2 Å². The van der Waals surface area contributed by atoms with E-state index in [4.69, 9.17) is 5.73 Å². The van der Waals surface area contributed by atoms with Gasteiger partial charge in [0.05, 0.1) is 42.8 Å². The number of carbonyl (C=O) groups excluding carboxylic acids is 5. The van der Waals surface area contributed by atoms with Crippen LogP contribution in [0.4, 0.5) is 23.1 Å². The maximum absolute atomic E-state index is 12.6. The van der Waals surface area contributed by atoms with E-state index in [9.17, 15) is 44.1 Å². The Morgan fingerprint density at radius 3 is 2.22 bits per heavy atom. The van der Waals surface area contributed by atoms with Crippen molar-refractivity contribution in [3.8, 4) is 0 Å². The molecule has 1 aliphatic heterocycles. The number of carboxylic acid groups (broad SMARTS) is 3. The summed E-state index contributed by atoms with van der Waals surface area (Å²) in [4.78, 5) is 80.4. The molecule has 1 aliphatic rings. The lowest BCUT2D eigenvalue weighted by Gasteiger charge is -2.22. The number of fused-ring (bicyclic) bond motifs is 1. The highest BCUT2D eigenvalue weighted by Crippen LogP contribution is 2.21. The van der Waals surface area contributed by atoms with E-state index in [-0.39, 0.29) is 29.6 Å². The van der Waals surface area contributed by atoms with E-state index in [0.29, 0.717) is 17.9 Å². The molecule has 0 aliphatic carbocycles. The van der Waals surface area contributed by atoms with Gasteiger partial charge in [0.15, 0.2) is 11.5 Å². The van der Waals surface area contributed by atoms with Crippen LogP contribution in [0.5, 0.6) is 0 Å². The first kappa shape index (κ1) is 30.1. The van der Waals surface area contributed by atoms with Gasteiger partial charge in [0, 0.05) is 23.6 Å². The van der Waals surface area contributed by atoms with Crippen LogP contribution in [0.2, 0.25) is 0 Å². The molecule has 3 rings (SSSR count). The van der Waals surface area contributed by atoms with Crippen molar-refractivity contribution in [1.29, 1.82) is 0 Å². The fourth-order valence-corrected chi connectivity index (χ4v) is 3.68. The number of aliphatic carboxylic acids is 3. The summed E-state index contributed by atoms with van der Waals surface area (Å²) in [5, 5.41) is 43.4. The minimum atomic E-state index is -1.71. The predicted molar refractivity (Wildman–Crippen MR) is 136 cm³/mol. The van der Waals surface area contributed by atoms with Crippen LogP contribution >= 0.6 is 0 Å². The van der Waals surface area contributed by atoms with Crippen LogP contribution in [0.3, 0.4) is 0 Å². The van der Waals surface area contributed by atoms with E-state index >= 15 is 0 Å². The first-order chi connectivity index (χ1) is 19.4. The largest absolute Gasteiger partial charge is 0.550 e. The maximum atomic E-state index is 12.6. The molecule has 0 bridgehead atoms. The van der Waals surface area contributed by atoms with Gasteiger partial charge in [-0.05, 0) is 43.5 Å². The first-order valence-corrected chi connectivity index (χ1v) is 12.2. The minimum absolute atomic E-state index is 0.0340. The molecule has 0 saturated carbocycles. The summed E-state index contributed by atoms with van der Waals surface area (Å²) in [7, 11) is 0. The van der Waals surface area contributed by atoms with Crippen molar-refractivity contribution >= 4 is 58.6 Å². The lowest BCUT2D eigenvalue weighted by Crippen LogP contribution is -2.50. The van der Waals surface area contributed by atoms with Gasteiger partial charge in [-0.2, -0.15) is 4.98 Å². The number of nitrogens with two attached hydrogens (primary N) is 1. The zero-order valence-corrected chi connectivity index (χ0v) is 21.4. The molecular weight excluding hydrogens is 544 g/mol. The Labute approximate surface area is 231 Å². The SMILES string of the molecule is Nc1nc2c(c(=O)[nH]1)N=C(CNc1ccc(C(=O)N[C@@H](CCC(=O)N[C@@H](CCC(=O)[O-])C(=O)[O-])C(=O)[O-])cc1)CN2. The number of benzene rings is 1. The fraction of sp³-hybridized carbons (Fsp3) is 0.333. The number of rotatable bonds is 14. The molecule has 17 nitrogen and oxygen atoms in total. The van der Waals surface area contributed by atoms with Crippen LogP contribution in [-0.2, 0) is 19.2 Å². The number of nitrogens with zero attached hydrogens (tertiary/aromatic N) is 2. The molecule has 218 valence electrons. The molecule has 7 N–H and O–H groups in total. The van der Waals surface area contributed by atoms with E-state index in [1.165, 1.54) is 12.1 Å². The molecule has 0 unspecified atom stereocenters. The second-order valence-corrected chi connectivity index (χ2v) is 8.84. The van der Waals surface area contributed by atoms with Gasteiger partial charge in [-0.15, -0.1) is 0 Å². The molecule has 2 amide bonds. The van der Waals surface area contributed by atoms with Gasteiger partial charge in [-0.3, -0.25) is 19.4 Å². The average Bonchev–Trinajstić information content (AvgIpc) is 2.91. The number of aromatic nitrogens is 2. The maximum Gasteiger partial charge on any atom is 0.280 e. The zero-order chi connectivity index (χ0) is 30.1. The smallest absolute Gasteiger partial charge is 0.280 e. The minimum Gasteiger partial charge on any atom is -0.550 e. The van der Waals surface area contributed by atoms with Gasteiger partial charge >= 0.3 is 0 Å². The highest BCUT2D eigenvalue weighted by atomic mass is 16.4. The number of nitrogen functional groups attached to an aromatic ring is 1. The van der Waals surface area contributed by atoms with E-state index in [2.05, 4.69) is 30.9 Å². The topological polar surface area (TPSA) is 287 Å². The lowest BCUT2D eigenvalue weighted by molar-refractivity contribution is -0.311. The number of hydrogen-bond acceptors (Lipinski definition) is 14. The number of aromatic amines is 1. The van der Waals surface area contributed by atoms with Crippen LogP contribution in [0, 0.1) is 0 Å². The third-order valence-electron chi connectivity index (χ3n) is 5.79. The zero-order valence-electron chi connectivity index (χ0n) is 21.4. The Balaban J connectivity index is 1.52.